The molecule has 2 aliphatic heterocycles. The molecular formula is C20H19IN4O2. The van der Waals surface area contributed by atoms with Gasteiger partial charge in [-0.3, -0.25) is 14.9 Å². The molecule has 138 valence electrons. The second-order valence-electron chi connectivity index (χ2n) is 6.46. The van der Waals surface area contributed by atoms with Crippen LogP contribution in [0.1, 0.15) is 15.9 Å². The van der Waals surface area contributed by atoms with Crippen molar-refractivity contribution in [3.05, 3.63) is 63.4 Å². The molecule has 2 aromatic carbocycles. The molecule has 1 fully saturated rings. The van der Waals surface area contributed by atoms with Gasteiger partial charge in [0.05, 0.1) is 5.57 Å². The van der Waals surface area contributed by atoms with Crippen molar-refractivity contribution in [2.45, 2.75) is 0 Å². The summed E-state index contributed by atoms with van der Waals surface area (Å²) < 4.78 is 0.972. The second kappa shape index (κ2) is 7.69. The molecule has 0 aliphatic carbocycles. The van der Waals surface area contributed by atoms with E-state index < -0.39 is 0 Å². The molecule has 0 aromatic heterocycles. The number of hydrogen-bond donors (Lipinski definition) is 3. The topological polar surface area (TPSA) is 73.5 Å². The molecule has 4 rings (SSSR count). The van der Waals surface area contributed by atoms with E-state index in [1.807, 2.05) is 24.3 Å². The predicted molar refractivity (Wildman–Crippen MR) is 115 cm³/mol. The van der Waals surface area contributed by atoms with Crippen LogP contribution in [0.4, 0.5) is 11.4 Å². The normalized spacial score (nSPS) is 18.3. The zero-order valence-electron chi connectivity index (χ0n) is 14.6. The van der Waals surface area contributed by atoms with E-state index in [0.29, 0.717) is 16.7 Å². The maximum Gasteiger partial charge on any atom is 0.260 e. The van der Waals surface area contributed by atoms with Gasteiger partial charge in [-0.2, -0.15) is 0 Å². The second-order valence-corrected chi connectivity index (χ2v) is 7.71. The van der Waals surface area contributed by atoms with Crippen molar-refractivity contribution in [2.24, 2.45) is 0 Å². The lowest BCUT2D eigenvalue weighted by molar-refractivity contribution is -0.114. The first-order chi connectivity index (χ1) is 13.1. The Balaban J connectivity index is 1.55. The van der Waals surface area contributed by atoms with Crippen LogP contribution in [0.5, 0.6) is 0 Å². The summed E-state index contributed by atoms with van der Waals surface area (Å²) in [5.41, 5.74) is 3.70. The average Bonchev–Trinajstić information content (AvgIpc) is 2.68. The van der Waals surface area contributed by atoms with Crippen molar-refractivity contribution in [2.75, 3.05) is 36.4 Å². The molecule has 27 heavy (non-hydrogen) atoms. The van der Waals surface area contributed by atoms with Crippen LogP contribution < -0.4 is 20.9 Å². The van der Waals surface area contributed by atoms with Crippen molar-refractivity contribution in [1.82, 2.24) is 10.6 Å². The van der Waals surface area contributed by atoms with E-state index in [1.165, 1.54) is 5.69 Å². The van der Waals surface area contributed by atoms with Gasteiger partial charge in [-0.15, -0.1) is 0 Å². The lowest BCUT2D eigenvalue weighted by Crippen LogP contribution is -2.43. The highest BCUT2D eigenvalue weighted by molar-refractivity contribution is 14.1. The molecular weight excluding hydrogens is 455 g/mol. The molecule has 3 N–H and O–H groups in total. The molecule has 2 aromatic rings. The smallest absolute Gasteiger partial charge is 0.260 e. The Morgan fingerprint density at radius 2 is 1.70 bits per heavy atom. The minimum Gasteiger partial charge on any atom is -0.369 e. The number of hydrogen-bond acceptors (Lipinski definition) is 5. The van der Waals surface area contributed by atoms with Gasteiger partial charge in [0.15, 0.2) is 0 Å². The number of carbonyl (C=O) groups excluding carboxylic acids is 2. The number of fused-ring (bicyclic) bond motifs is 1. The molecule has 0 spiro atoms. The highest BCUT2D eigenvalue weighted by Crippen LogP contribution is 2.26. The molecule has 7 heteroatoms. The first-order valence-corrected chi connectivity index (χ1v) is 9.88. The van der Waals surface area contributed by atoms with Gasteiger partial charge in [-0.25, -0.2) is 0 Å². The number of carbonyl (C=O) groups is 2. The van der Waals surface area contributed by atoms with Crippen LogP contribution in [0.2, 0.25) is 0 Å². The molecule has 2 amide bonds. The monoisotopic (exact) mass is 474 g/mol. The lowest BCUT2D eigenvalue weighted by Gasteiger charge is -2.29. The lowest BCUT2D eigenvalue weighted by atomic mass is 9.95. The molecule has 2 heterocycles. The van der Waals surface area contributed by atoms with Crippen molar-refractivity contribution in [1.29, 1.82) is 0 Å². The summed E-state index contributed by atoms with van der Waals surface area (Å²) in [4.78, 5) is 26.7. The van der Waals surface area contributed by atoms with Crippen molar-refractivity contribution in [3.8, 4) is 0 Å². The minimum absolute atomic E-state index is 0.357. The number of benzene rings is 2. The van der Waals surface area contributed by atoms with Crippen molar-refractivity contribution < 1.29 is 9.59 Å². The molecule has 0 bridgehead atoms. The Labute approximate surface area is 171 Å². The molecule has 0 radical (unpaired) electrons. The van der Waals surface area contributed by atoms with Gasteiger partial charge < -0.3 is 15.5 Å². The standard InChI is InChI=1S/C20H19IN4O2/c21-13-1-6-16-17(11-13)18(20(27)24-19(16)26)12-23-14-2-4-15(5-3-14)25-9-7-22-8-10-25/h1-6,11-12,22-23H,7-10H2,(H,24,26,27). The molecule has 6 nitrogen and oxygen atoms in total. The minimum atomic E-state index is -0.389. The fraction of sp³-hybridized carbons (Fsp3) is 0.200. The summed E-state index contributed by atoms with van der Waals surface area (Å²) in [5, 5.41) is 8.92. The molecule has 1 saturated heterocycles. The molecule has 2 aliphatic rings. The van der Waals surface area contributed by atoms with E-state index in [1.54, 1.807) is 12.3 Å². The fourth-order valence-electron chi connectivity index (χ4n) is 3.29. The predicted octanol–water partition coefficient (Wildman–Crippen LogP) is 2.42. The highest BCUT2D eigenvalue weighted by atomic mass is 127. The van der Waals surface area contributed by atoms with Gasteiger partial charge in [0, 0.05) is 58.5 Å². The third-order valence-corrected chi connectivity index (χ3v) is 5.39. The number of nitrogens with zero attached hydrogens (tertiary/aromatic N) is 1. The first kappa shape index (κ1) is 18.0. The number of piperazine rings is 1. The summed E-state index contributed by atoms with van der Waals surface area (Å²) >= 11 is 2.17. The van der Waals surface area contributed by atoms with Gasteiger partial charge in [0.25, 0.3) is 11.8 Å². The Morgan fingerprint density at radius 1 is 0.963 bits per heavy atom. The van der Waals surface area contributed by atoms with E-state index >= 15 is 0 Å². The summed E-state index contributed by atoms with van der Waals surface area (Å²) in [6, 6.07) is 13.6. The van der Waals surface area contributed by atoms with E-state index in [-0.39, 0.29) is 11.8 Å². The number of anilines is 2. The Hall–Kier alpha value is -2.39. The molecule has 0 atom stereocenters. The first-order valence-electron chi connectivity index (χ1n) is 8.80. The molecule has 0 saturated carbocycles. The summed E-state index contributed by atoms with van der Waals surface area (Å²) in [6.45, 7) is 4.00. The van der Waals surface area contributed by atoms with E-state index in [9.17, 15) is 9.59 Å². The van der Waals surface area contributed by atoms with Crippen molar-refractivity contribution in [3.63, 3.8) is 0 Å². The van der Waals surface area contributed by atoms with E-state index in [0.717, 1.165) is 35.4 Å². The zero-order chi connectivity index (χ0) is 18.8. The van der Waals surface area contributed by atoms with Crippen LogP contribution in [0.25, 0.3) is 5.57 Å². The van der Waals surface area contributed by atoms with Crippen LogP contribution in [-0.2, 0) is 4.79 Å². The molecule has 0 unspecified atom stereocenters. The largest absolute Gasteiger partial charge is 0.369 e. The number of rotatable bonds is 3. The van der Waals surface area contributed by atoms with Crippen LogP contribution in [0, 0.1) is 3.57 Å². The summed E-state index contributed by atoms with van der Waals surface area (Å²) in [5.74, 6) is -0.747. The van der Waals surface area contributed by atoms with Gasteiger partial charge in [0.2, 0.25) is 0 Å². The van der Waals surface area contributed by atoms with Crippen molar-refractivity contribution >= 4 is 51.4 Å². The SMILES string of the molecule is O=C1NC(=O)c2ccc(I)cc2C1=CNc1ccc(N2CCNCC2)cc1. The zero-order valence-corrected chi connectivity index (χ0v) is 16.7. The van der Waals surface area contributed by atoms with Gasteiger partial charge >= 0.3 is 0 Å². The van der Waals surface area contributed by atoms with E-state index in [4.69, 9.17) is 0 Å². The third-order valence-electron chi connectivity index (χ3n) is 4.72. The number of nitrogens with one attached hydrogen (secondary N) is 3. The average molecular weight is 474 g/mol. The summed E-state index contributed by atoms with van der Waals surface area (Å²) in [6.07, 6.45) is 1.66. The Morgan fingerprint density at radius 3 is 2.44 bits per heavy atom. The van der Waals surface area contributed by atoms with E-state index in [2.05, 4.69) is 55.6 Å². The quantitative estimate of drug-likeness (QED) is 0.362. The maximum atomic E-state index is 12.3. The third kappa shape index (κ3) is 3.84. The highest BCUT2D eigenvalue weighted by Gasteiger charge is 2.27. The van der Waals surface area contributed by atoms with Gasteiger partial charge in [0.1, 0.15) is 0 Å². The number of imide groups is 1. The van der Waals surface area contributed by atoms with Gasteiger partial charge in [-0.05, 0) is 65.1 Å². The van der Waals surface area contributed by atoms with Crippen LogP contribution in [0.15, 0.2) is 48.7 Å². The Kier molecular flexibility index (Phi) is 5.13. The number of halogens is 1. The fourth-order valence-corrected chi connectivity index (χ4v) is 3.78. The van der Waals surface area contributed by atoms with Crippen LogP contribution in [-0.4, -0.2) is 38.0 Å². The summed E-state index contributed by atoms with van der Waals surface area (Å²) in [7, 11) is 0. The van der Waals surface area contributed by atoms with Gasteiger partial charge in [-0.1, -0.05) is 0 Å². The maximum absolute atomic E-state index is 12.3. The van der Waals surface area contributed by atoms with Crippen LogP contribution in [0.3, 0.4) is 0 Å². The number of amides is 2. The van der Waals surface area contributed by atoms with Crippen LogP contribution >= 0.6 is 22.6 Å². The Bertz CT molecular complexity index is 918.